The highest BCUT2D eigenvalue weighted by molar-refractivity contribution is 9.10. The molecule has 2 saturated carbocycles. The third kappa shape index (κ3) is 3.57. The molecular weight excluding hydrogens is 688 g/mol. The fourth-order valence-electron chi connectivity index (χ4n) is 8.99. The van der Waals surface area contributed by atoms with Crippen LogP contribution in [0.15, 0.2) is 19.8 Å². The van der Waals surface area contributed by atoms with Crippen molar-refractivity contribution in [2.24, 2.45) is 21.7 Å². The zero-order chi connectivity index (χ0) is 35.4. The summed E-state index contributed by atoms with van der Waals surface area (Å²) < 4.78 is 37.5. The Morgan fingerprint density at radius 3 is 1.73 bits per heavy atom. The molecule has 0 amide bonds. The molecule has 6 atom stereocenters. The van der Waals surface area contributed by atoms with Crippen LogP contribution in [-0.4, -0.2) is 46.8 Å². The van der Waals surface area contributed by atoms with E-state index in [9.17, 15) is 24.0 Å². The molecule has 1 aromatic heterocycles. The van der Waals surface area contributed by atoms with Crippen LogP contribution >= 0.6 is 15.9 Å². The van der Waals surface area contributed by atoms with Gasteiger partial charge in [0, 0.05) is 10.8 Å². The molecule has 4 bridgehead atoms. The normalized spacial score (nSPS) is 36.3. The number of hydrogen-bond donors (Lipinski definition) is 0. The van der Waals surface area contributed by atoms with Gasteiger partial charge in [-0.25, -0.2) is 9.59 Å². The standard InChI is InChI=1S/C36H41BrO11/c1-16-15-18-20(23-19(16)22(38)21(37)17(2)43-23)24(44-28(41)35-13-11-33(9,26(39)47-35)31(35,5)6)25(30(3,4)46-18)45-29(42)36-14-12-34(10,27(40)48-36)32(36,7)8/h15,24-25H,11-14H2,1-10H3/t24-,25-,33+,34-,35?,36?/m1/s1. The van der Waals surface area contributed by atoms with Crippen molar-refractivity contribution in [3.8, 4) is 5.75 Å². The van der Waals surface area contributed by atoms with E-state index in [1.54, 1.807) is 47.6 Å². The zero-order valence-electron chi connectivity index (χ0n) is 28.9. The molecule has 7 rings (SSSR count). The molecule has 2 saturated heterocycles. The van der Waals surface area contributed by atoms with Crippen LogP contribution in [0.2, 0.25) is 0 Å². The van der Waals surface area contributed by atoms with Crippen LogP contribution in [0.1, 0.15) is 104 Å². The zero-order valence-corrected chi connectivity index (χ0v) is 30.5. The summed E-state index contributed by atoms with van der Waals surface area (Å²) in [6.45, 7) is 17.6. The van der Waals surface area contributed by atoms with Gasteiger partial charge in [-0.2, -0.15) is 0 Å². The number of benzene rings is 1. The van der Waals surface area contributed by atoms with Gasteiger partial charge < -0.3 is 28.1 Å². The van der Waals surface area contributed by atoms with Crippen molar-refractivity contribution in [3.05, 3.63) is 37.6 Å². The summed E-state index contributed by atoms with van der Waals surface area (Å²) in [6, 6.07) is 1.67. The fourth-order valence-corrected chi connectivity index (χ4v) is 9.27. The summed E-state index contributed by atoms with van der Waals surface area (Å²) in [5.74, 6) is -1.99. The lowest BCUT2D eigenvalue weighted by atomic mass is 9.66. The van der Waals surface area contributed by atoms with E-state index in [1.165, 1.54) is 0 Å². The molecule has 4 fully saturated rings. The van der Waals surface area contributed by atoms with Crippen LogP contribution in [0.5, 0.6) is 5.75 Å². The van der Waals surface area contributed by atoms with Gasteiger partial charge >= 0.3 is 23.9 Å². The van der Waals surface area contributed by atoms with Gasteiger partial charge in [-0.3, -0.25) is 14.4 Å². The van der Waals surface area contributed by atoms with Crippen LogP contribution in [-0.2, 0) is 38.1 Å². The molecule has 0 spiro atoms. The maximum Gasteiger partial charge on any atom is 0.351 e. The van der Waals surface area contributed by atoms with Crippen LogP contribution in [0, 0.1) is 35.5 Å². The summed E-state index contributed by atoms with van der Waals surface area (Å²) >= 11 is 3.33. The van der Waals surface area contributed by atoms with Crippen molar-refractivity contribution in [2.75, 3.05) is 0 Å². The van der Waals surface area contributed by atoms with Crippen LogP contribution in [0.25, 0.3) is 11.0 Å². The van der Waals surface area contributed by atoms with E-state index in [1.807, 2.05) is 27.7 Å². The summed E-state index contributed by atoms with van der Waals surface area (Å²) in [5.41, 5.74) is -7.60. The Bertz CT molecular complexity index is 1940. The second kappa shape index (κ2) is 9.43. The average molecular weight is 730 g/mol. The third-order valence-electron chi connectivity index (χ3n) is 13.4. The molecule has 0 radical (unpaired) electrons. The van der Waals surface area contributed by atoms with Crippen molar-refractivity contribution in [1.82, 2.24) is 0 Å². The molecular formula is C36H41BrO11. The Kier molecular flexibility index (Phi) is 6.50. The monoisotopic (exact) mass is 728 g/mol. The minimum Gasteiger partial charge on any atom is -0.483 e. The number of halogens is 1. The molecule has 12 heteroatoms. The lowest BCUT2D eigenvalue weighted by Gasteiger charge is -2.46. The van der Waals surface area contributed by atoms with E-state index in [-0.39, 0.29) is 50.8 Å². The topological polar surface area (TPSA) is 145 Å². The Morgan fingerprint density at radius 1 is 0.771 bits per heavy atom. The Labute approximate surface area is 286 Å². The molecule has 2 aromatic rings. The number of esters is 4. The maximum atomic E-state index is 14.6. The Morgan fingerprint density at radius 2 is 1.27 bits per heavy atom. The number of ether oxygens (including phenoxy) is 5. The highest BCUT2D eigenvalue weighted by Gasteiger charge is 2.78. The fraction of sp³-hybridized carbons (Fsp3) is 0.639. The van der Waals surface area contributed by atoms with Crippen molar-refractivity contribution >= 4 is 50.8 Å². The van der Waals surface area contributed by atoms with Gasteiger partial charge in [0.05, 0.1) is 21.8 Å². The quantitative estimate of drug-likeness (QED) is 0.267. The van der Waals surface area contributed by atoms with Gasteiger partial charge in [0.1, 0.15) is 27.2 Å². The number of carbonyl (C=O) groups excluding carboxylic acids is 4. The first-order valence-electron chi connectivity index (χ1n) is 16.4. The van der Waals surface area contributed by atoms with Gasteiger partial charge in [0.15, 0.2) is 12.2 Å². The Balaban J connectivity index is 1.40. The van der Waals surface area contributed by atoms with Crippen LogP contribution in [0.4, 0.5) is 0 Å². The second-order valence-corrected chi connectivity index (χ2v) is 17.1. The van der Waals surface area contributed by atoms with E-state index >= 15 is 0 Å². The predicted octanol–water partition coefficient (Wildman–Crippen LogP) is 6.08. The van der Waals surface area contributed by atoms with Gasteiger partial charge in [0.25, 0.3) is 0 Å². The van der Waals surface area contributed by atoms with Gasteiger partial charge in [0.2, 0.25) is 16.6 Å². The number of rotatable bonds is 4. The average Bonchev–Trinajstić information content (AvgIpc) is 3.45. The predicted molar refractivity (Wildman–Crippen MR) is 173 cm³/mol. The second-order valence-electron chi connectivity index (χ2n) is 16.3. The lowest BCUT2D eigenvalue weighted by Crippen LogP contribution is -2.57. The number of fused-ring (bicyclic) bond motifs is 7. The first-order valence-corrected chi connectivity index (χ1v) is 17.2. The molecule has 0 N–H and O–H groups in total. The molecule has 2 unspecified atom stereocenters. The minimum atomic E-state index is -1.61. The van der Waals surface area contributed by atoms with Gasteiger partial charge in [-0.1, -0.05) is 27.7 Å². The van der Waals surface area contributed by atoms with Gasteiger partial charge in [-0.15, -0.1) is 0 Å². The van der Waals surface area contributed by atoms with Crippen molar-refractivity contribution in [1.29, 1.82) is 0 Å². The molecule has 5 aliphatic rings. The summed E-state index contributed by atoms with van der Waals surface area (Å²) in [7, 11) is 0. The highest BCUT2D eigenvalue weighted by atomic mass is 79.9. The minimum absolute atomic E-state index is 0.112. The maximum absolute atomic E-state index is 14.6. The van der Waals surface area contributed by atoms with Gasteiger partial charge in [-0.05, 0) is 94.8 Å². The molecule has 48 heavy (non-hydrogen) atoms. The van der Waals surface area contributed by atoms with E-state index in [0.717, 1.165) is 0 Å². The smallest absolute Gasteiger partial charge is 0.351 e. The largest absolute Gasteiger partial charge is 0.483 e. The summed E-state index contributed by atoms with van der Waals surface area (Å²) in [5, 5.41) is 0.232. The number of carbonyl (C=O) groups is 4. The molecule has 2 aliphatic carbocycles. The van der Waals surface area contributed by atoms with E-state index in [2.05, 4.69) is 15.9 Å². The molecule has 11 nitrogen and oxygen atoms in total. The summed E-state index contributed by atoms with van der Waals surface area (Å²) in [4.78, 5) is 68.8. The first kappa shape index (κ1) is 33.1. The number of hydrogen-bond acceptors (Lipinski definition) is 11. The van der Waals surface area contributed by atoms with E-state index < -0.39 is 74.5 Å². The van der Waals surface area contributed by atoms with Crippen molar-refractivity contribution < 1.29 is 47.3 Å². The first-order chi connectivity index (χ1) is 22.0. The highest BCUT2D eigenvalue weighted by Crippen LogP contribution is 2.67. The van der Waals surface area contributed by atoms with Crippen LogP contribution < -0.4 is 10.2 Å². The summed E-state index contributed by atoms with van der Waals surface area (Å²) in [6.07, 6.45) is -1.34. The Hall–Kier alpha value is -3.41. The molecule has 258 valence electrons. The van der Waals surface area contributed by atoms with Crippen molar-refractivity contribution in [3.63, 3.8) is 0 Å². The SMILES string of the molecule is Cc1oc2c3c(cc(C)c2c(=O)c1Br)OC(C)(C)[C@H](OC(=O)C12CC[C@](C)(C(=O)O1)C2(C)C)[C@@H]3OC(=O)C12CC[C@@](C)(C(=O)O1)C2(C)C. The lowest BCUT2D eigenvalue weighted by molar-refractivity contribution is -0.217. The molecule has 4 heterocycles. The van der Waals surface area contributed by atoms with E-state index in [4.69, 9.17) is 28.1 Å². The third-order valence-corrected chi connectivity index (χ3v) is 14.3. The van der Waals surface area contributed by atoms with Crippen molar-refractivity contribution in [2.45, 2.75) is 124 Å². The van der Waals surface area contributed by atoms with Crippen LogP contribution in [0.3, 0.4) is 0 Å². The molecule has 3 aliphatic heterocycles. The van der Waals surface area contributed by atoms with E-state index in [0.29, 0.717) is 18.4 Å². The molecule has 1 aromatic carbocycles. The number of aryl methyl sites for hydroxylation is 2.